The van der Waals surface area contributed by atoms with Crippen LogP contribution in [0.4, 0.5) is 0 Å². The molecule has 3 N–H and O–H groups in total. The summed E-state index contributed by atoms with van der Waals surface area (Å²) in [6, 6.07) is 7.37. The quantitative estimate of drug-likeness (QED) is 0.817. The smallest absolute Gasteiger partial charge is 0.118 e. The van der Waals surface area contributed by atoms with Crippen LogP contribution in [0, 0.1) is 0 Å². The molecule has 1 rings (SSSR count). The zero-order valence-corrected chi connectivity index (χ0v) is 8.74. The Hall–Kier alpha value is -0.540. The summed E-state index contributed by atoms with van der Waals surface area (Å²) in [5, 5.41) is 9.30. The van der Waals surface area contributed by atoms with Crippen molar-refractivity contribution in [3.63, 3.8) is 0 Å². The Bertz CT molecular complexity index is 238. The highest BCUT2D eigenvalue weighted by atomic mass is 79.9. The molecule has 0 aliphatic rings. The summed E-state index contributed by atoms with van der Waals surface area (Å²) >= 11 is 0. The van der Waals surface area contributed by atoms with E-state index in [2.05, 4.69) is 0 Å². The molecule has 0 aromatic heterocycles. The lowest BCUT2D eigenvalue weighted by Crippen LogP contribution is -2.17. The number of rotatable bonds is 2. The molecule has 0 saturated carbocycles. The van der Waals surface area contributed by atoms with Crippen LogP contribution in [0.1, 0.15) is 12.5 Å². The van der Waals surface area contributed by atoms with Crippen LogP contribution in [0.25, 0.3) is 0 Å². The summed E-state index contributed by atoms with van der Waals surface area (Å²) in [6.07, 6.45) is 0.729. The molecule has 0 bridgehead atoms. The zero-order valence-electron chi connectivity index (χ0n) is 7.03. The number of para-hydroxylation sites is 1. The van der Waals surface area contributed by atoms with E-state index in [1.165, 1.54) is 0 Å². The molecule has 1 atom stereocenters. The molecule has 0 aliphatic heterocycles. The van der Waals surface area contributed by atoms with E-state index >= 15 is 0 Å². The molecule has 0 amide bonds. The van der Waals surface area contributed by atoms with E-state index in [-0.39, 0.29) is 23.0 Å². The fourth-order valence-electron chi connectivity index (χ4n) is 1.03. The van der Waals surface area contributed by atoms with Crippen LogP contribution in [-0.4, -0.2) is 11.1 Å². The van der Waals surface area contributed by atoms with Crippen molar-refractivity contribution >= 4 is 17.0 Å². The van der Waals surface area contributed by atoms with Gasteiger partial charge in [-0.1, -0.05) is 18.2 Å². The second-order valence-electron chi connectivity index (χ2n) is 2.81. The number of hydrogen-bond donors (Lipinski definition) is 2. The normalized spacial score (nSPS) is 11.8. The van der Waals surface area contributed by atoms with Gasteiger partial charge in [0.05, 0.1) is 0 Å². The van der Waals surface area contributed by atoms with Crippen LogP contribution in [0.3, 0.4) is 0 Å². The standard InChI is InChI=1S/C9H13NO.BrH/c1-7(10)6-8-4-2-3-5-9(8)11;/h2-5,7,11H,6,10H2,1H3;1H. The van der Waals surface area contributed by atoms with Gasteiger partial charge in [-0.15, -0.1) is 17.0 Å². The number of phenolic OH excluding ortho intramolecular Hbond substituents is 1. The molecular weight excluding hydrogens is 218 g/mol. The monoisotopic (exact) mass is 231 g/mol. The molecule has 0 fully saturated rings. The Morgan fingerprint density at radius 3 is 2.50 bits per heavy atom. The van der Waals surface area contributed by atoms with E-state index in [0.717, 1.165) is 12.0 Å². The first-order chi connectivity index (χ1) is 5.20. The third kappa shape index (κ3) is 3.24. The molecule has 1 aromatic rings. The SMILES string of the molecule is Br.CC(N)Cc1ccccc1O. The number of benzene rings is 1. The number of hydrogen-bond acceptors (Lipinski definition) is 2. The average molecular weight is 232 g/mol. The van der Waals surface area contributed by atoms with Crippen LogP contribution in [0.5, 0.6) is 5.75 Å². The van der Waals surface area contributed by atoms with E-state index < -0.39 is 0 Å². The van der Waals surface area contributed by atoms with Gasteiger partial charge in [-0.3, -0.25) is 0 Å². The summed E-state index contributed by atoms with van der Waals surface area (Å²) < 4.78 is 0. The van der Waals surface area contributed by atoms with Crippen LogP contribution < -0.4 is 5.73 Å². The summed E-state index contributed by atoms with van der Waals surface area (Å²) in [5.41, 5.74) is 6.50. The molecule has 1 aromatic carbocycles. The average Bonchev–Trinajstić information content (AvgIpc) is 1.93. The molecular formula is C9H14BrNO. The Morgan fingerprint density at radius 1 is 1.42 bits per heavy atom. The molecule has 0 saturated heterocycles. The molecule has 0 radical (unpaired) electrons. The van der Waals surface area contributed by atoms with Gasteiger partial charge < -0.3 is 10.8 Å². The molecule has 1 unspecified atom stereocenters. The highest BCUT2D eigenvalue weighted by Crippen LogP contribution is 2.16. The molecule has 0 heterocycles. The van der Waals surface area contributed by atoms with Gasteiger partial charge in [0.25, 0.3) is 0 Å². The van der Waals surface area contributed by atoms with E-state index in [4.69, 9.17) is 5.73 Å². The van der Waals surface area contributed by atoms with Crippen molar-refractivity contribution in [3.05, 3.63) is 29.8 Å². The van der Waals surface area contributed by atoms with Gasteiger partial charge >= 0.3 is 0 Å². The highest BCUT2D eigenvalue weighted by Gasteiger charge is 2.01. The van der Waals surface area contributed by atoms with Gasteiger partial charge in [-0.05, 0) is 25.0 Å². The second-order valence-corrected chi connectivity index (χ2v) is 2.81. The fourth-order valence-corrected chi connectivity index (χ4v) is 1.03. The van der Waals surface area contributed by atoms with E-state index in [0.29, 0.717) is 5.75 Å². The summed E-state index contributed by atoms with van der Waals surface area (Å²) in [6.45, 7) is 1.92. The Labute approximate surface area is 83.2 Å². The molecule has 3 heteroatoms. The van der Waals surface area contributed by atoms with Crippen LogP contribution in [0.2, 0.25) is 0 Å². The van der Waals surface area contributed by atoms with Gasteiger partial charge in [-0.2, -0.15) is 0 Å². The minimum atomic E-state index is 0. The van der Waals surface area contributed by atoms with Crippen molar-refractivity contribution in [1.29, 1.82) is 0 Å². The van der Waals surface area contributed by atoms with Crippen molar-refractivity contribution in [2.75, 3.05) is 0 Å². The molecule has 0 spiro atoms. The van der Waals surface area contributed by atoms with E-state index in [1.807, 2.05) is 19.1 Å². The van der Waals surface area contributed by atoms with Crippen molar-refractivity contribution < 1.29 is 5.11 Å². The van der Waals surface area contributed by atoms with Crippen molar-refractivity contribution in [3.8, 4) is 5.75 Å². The second kappa shape index (κ2) is 5.17. The van der Waals surface area contributed by atoms with E-state index in [1.54, 1.807) is 12.1 Å². The lowest BCUT2D eigenvalue weighted by Gasteiger charge is -2.05. The number of nitrogens with two attached hydrogens (primary N) is 1. The first kappa shape index (κ1) is 11.5. The maximum Gasteiger partial charge on any atom is 0.118 e. The lowest BCUT2D eigenvalue weighted by molar-refractivity contribution is 0.465. The Morgan fingerprint density at radius 2 is 2.00 bits per heavy atom. The molecule has 2 nitrogen and oxygen atoms in total. The van der Waals surface area contributed by atoms with Gasteiger partial charge in [0.15, 0.2) is 0 Å². The van der Waals surface area contributed by atoms with Gasteiger partial charge in [-0.25, -0.2) is 0 Å². The lowest BCUT2D eigenvalue weighted by atomic mass is 10.1. The molecule has 12 heavy (non-hydrogen) atoms. The predicted octanol–water partition coefficient (Wildman–Crippen LogP) is 1.86. The third-order valence-corrected chi connectivity index (χ3v) is 1.53. The van der Waals surface area contributed by atoms with Crippen molar-refractivity contribution in [2.45, 2.75) is 19.4 Å². The summed E-state index contributed by atoms with van der Waals surface area (Å²) in [7, 11) is 0. The summed E-state index contributed by atoms with van der Waals surface area (Å²) in [4.78, 5) is 0. The van der Waals surface area contributed by atoms with Crippen molar-refractivity contribution in [1.82, 2.24) is 0 Å². The van der Waals surface area contributed by atoms with Crippen LogP contribution >= 0.6 is 17.0 Å². The maximum absolute atomic E-state index is 9.30. The predicted molar refractivity (Wildman–Crippen MR) is 55.8 cm³/mol. The van der Waals surface area contributed by atoms with E-state index in [9.17, 15) is 5.11 Å². The maximum atomic E-state index is 9.30. The Balaban J connectivity index is 0.00000121. The third-order valence-electron chi connectivity index (χ3n) is 1.53. The molecule has 68 valence electrons. The first-order valence-corrected chi connectivity index (χ1v) is 3.72. The largest absolute Gasteiger partial charge is 0.508 e. The molecule has 0 aliphatic carbocycles. The van der Waals surface area contributed by atoms with Gasteiger partial charge in [0.2, 0.25) is 0 Å². The van der Waals surface area contributed by atoms with Crippen molar-refractivity contribution in [2.24, 2.45) is 5.73 Å². The van der Waals surface area contributed by atoms with Gasteiger partial charge in [0.1, 0.15) is 5.75 Å². The number of phenols is 1. The number of halogens is 1. The highest BCUT2D eigenvalue weighted by molar-refractivity contribution is 8.93. The minimum Gasteiger partial charge on any atom is -0.508 e. The minimum absolute atomic E-state index is 0. The Kier molecular flexibility index (Phi) is 4.93. The number of aromatic hydroxyl groups is 1. The van der Waals surface area contributed by atoms with Crippen LogP contribution in [0.15, 0.2) is 24.3 Å². The summed E-state index contributed by atoms with van der Waals surface area (Å²) in [5.74, 6) is 0.338. The zero-order chi connectivity index (χ0) is 8.27. The first-order valence-electron chi connectivity index (χ1n) is 3.72. The van der Waals surface area contributed by atoms with Crippen LogP contribution in [-0.2, 0) is 6.42 Å². The van der Waals surface area contributed by atoms with Gasteiger partial charge in [0, 0.05) is 6.04 Å². The topological polar surface area (TPSA) is 46.2 Å². The fraction of sp³-hybridized carbons (Fsp3) is 0.333.